The molecule has 1 aromatic carbocycles. The topological polar surface area (TPSA) is 74.0 Å². The van der Waals surface area contributed by atoms with E-state index in [1.807, 2.05) is 28.8 Å². The zero-order chi connectivity index (χ0) is 17.1. The number of methoxy groups -OCH3 is 1. The minimum absolute atomic E-state index is 0.400. The van der Waals surface area contributed by atoms with Crippen molar-refractivity contribution < 1.29 is 14.2 Å². The Morgan fingerprint density at radius 1 is 1.12 bits per heavy atom. The van der Waals surface area contributed by atoms with Crippen molar-refractivity contribution in [3.63, 3.8) is 0 Å². The van der Waals surface area contributed by atoms with E-state index in [2.05, 4.69) is 20.2 Å². The second-order valence-corrected chi connectivity index (χ2v) is 6.70. The van der Waals surface area contributed by atoms with Crippen LogP contribution in [0.4, 0.5) is 0 Å². The summed E-state index contributed by atoms with van der Waals surface area (Å²) in [6.45, 7) is 4.48. The molecule has 0 bridgehead atoms. The fourth-order valence-corrected chi connectivity index (χ4v) is 3.40. The van der Waals surface area contributed by atoms with Crippen molar-refractivity contribution in [2.75, 3.05) is 33.4 Å². The maximum absolute atomic E-state index is 5.78. The number of aromatic nitrogens is 4. The number of hydrogen-bond acceptors (Lipinski definition) is 8. The van der Waals surface area contributed by atoms with Gasteiger partial charge in [0, 0.05) is 13.1 Å². The van der Waals surface area contributed by atoms with Gasteiger partial charge in [0.15, 0.2) is 10.8 Å². The van der Waals surface area contributed by atoms with Crippen molar-refractivity contribution >= 4 is 16.3 Å². The molecular formula is C16H19N5O3S. The van der Waals surface area contributed by atoms with E-state index in [0.29, 0.717) is 6.61 Å². The maximum atomic E-state index is 5.78. The summed E-state index contributed by atoms with van der Waals surface area (Å²) in [5.41, 5.74) is 0. The zero-order valence-corrected chi connectivity index (χ0v) is 14.7. The number of morpholine rings is 1. The Morgan fingerprint density at radius 2 is 1.88 bits per heavy atom. The van der Waals surface area contributed by atoms with Gasteiger partial charge in [-0.1, -0.05) is 11.3 Å². The van der Waals surface area contributed by atoms with Crippen molar-refractivity contribution in [1.29, 1.82) is 0 Å². The molecule has 3 aromatic rings. The van der Waals surface area contributed by atoms with Gasteiger partial charge in [-0.2, -0.15) is 9.61 Å². The average molecular weight is 361 g/mol. The molecule has 0 atom stereocenters. The van der Waals surface area contributed by atoms with Crippen LogP contribution in [0.1, 0.15) is 10.8 Å². The third-order valence-corrected chi connectivity index (χ3v) is 4.86. The average Bonchev–Trinajstić information content (AvgIpc) is 3.23. The molecule has 8 nitrogen and oxygen atoms in total. The molecule has 3 heterocycles. The Labute approximate surface area is 148 Å². The first-order chi connectivity index (χ1) is 12.3. The normalized spacial score (nSPS) is 15.6. The Balaban J connectivity index is 1.42. The van der Waals surface area contributed by atoms with Gasteiger partial charge < -0.3 is 14.2 Å². The number of rotatable bonds is 6. The molecule has 0 amide bonds. The SMILES string of the molecule is COc1ccc(OCc2nn3c(CN4CCOCC4)nnc3s2)cc1. The molecule has 25 heavy (non-hydrogen) atoms. The summed E-state index contributed by atoms with van der Waals surface area (Å²) in [5.74, 6) is 2.43. The van der Waals surface area contributed by atoms with E-state index in [-0.39, 0.29) is 0 Å². The molecule has 0 radical (unpaired) electrons. The summed E-state index contributed by atoms with van der Waals surface area (Å²) in [6, 6.07) is 7.49. The number of fused-ring (bicyclic) bond motifs is 1. The molecule has 0 saturated carbocycles. The maximum Gasteiger partial charge on any atom is 0.234 e. The minimum atomic E-state index is 0.400. The summed E-state index contributed by atoms with van der Waals surface area (Å²) in [7, 11) is 1.64. The van der Waals surface area contributed by atoms with Crippen LogP contribution in [0.25, 0.3) is 4.96 Å². The van der Waals surface area contributed by atoms with Gasteiger partial charge >= 0.3 is 0 Å². The lowest BCUT2D eigenvalue weighted by atomic mass is 10.3. The second-order valence-electron chi connectivity index (χ2n) is 5.66. The standard InChI is InChI=1S/C16H19N5O3S/c1-22-12-2-4-13(5-3-12)24-11-15-19-21-14(17-18-16(21)25-15)10-20-6-8-23-9-7-20/h2-5H,6-11H2,1H3. The van der Waals surface area contributed by atoms with Crippen LogP contribution in [0.15, 0.2) is 24.3 Å². The summed E-state index contributed by atoms with van der Waals surface area (Å²) >= 11 is 1.49. The Hall–Kier alpha value is -2.23. The molecule has 9 heteroatoms. The zero-order valence-electron chi connectivity index (χ0n) is 13.9. The van der Waals surface area contributed by atoms with Crippen molar-refractivity contribution in [3.8, 4) is 11.5 Å². The molecule has 132 valence electrons. The number of benzene rings is 1. The monoisotopic (exact) mass is 361 g/mol. The predicted molar refractivity (Wildman–Crippen MR) is 92.1 cm³/mol. The Morgan fingerprint density at radius 3 is 2.64 bits per heavy atom. The van der Waals surface area contributed by atoms with E-state index in [1.54, 1.807) is 7.11 Å². The molecule has 1 saturated heterocycles. The fourth-order valence-electron chi connectivity index (χ4n) is 2.63. The predicted octanol–water partition coefficient (Wildman–Crippen LogP) is 1.61. The highest BCUT2D eigenvalue weighted by molar-refractivity contribution is 7.16. The highest BCUT2D eigenvalue weighted by Gasteiger charge is 2.17. The molecule has 0 aliphatic carbocycles. The van der Waals surface area contributed by atoms with E-state index in [0.717, 1.165) is 60.1 Å². The minimum Gasteiger partial charge on any atom is -0.497 e. The number of hydrogen-bond donors (Lipinski definition) is 0. The Kier molecular flexibility index (Phi) is 4.77. The van der Waals surface area contributed by atoms with E-state index < -0.39 is 0 Å². The van der Waals surface area contributed by atoms with Crippen LogP contribution in [-0.2, 0) is 17.9 Å². The van der Waals surface area contributed by atoms with Gasteiger partial charge in [0.05, 0.1) is 26.9 Å². The molecule has 0 N–H and O–H groups in total. The van der Waals surface area contributed by atoms with E-state index in [4.69, 9.17) is 14.2 Å². The van der Waals surface area contributed by atoms with Crippen LogP contribution < -0.4 is 9.47 Å². The molecule has 1 fully saturated rings. The molecule has 0 unspecified atom stereocenters. The van der Waals surface area contributed by atoms with Crippen LogP contribution in [0, 0.1) is 0 Å². The lowest BCUT2D eigenvalue weighted by Gasteiger charge is -2.25. The van der Waals surface area contributed by atoms with Crippen LogP contribution in [-0.4, -0.2) is 58.1 Å². The van der Waals surface area contributed by atoms with Crippen molar-refractivity contribution in [3.05, 3.63) is 35.1 Å². The van der Waals surface area contributed by atoms with Crippen molar-refractivity contribution in [2.45, 2.75) is 13.2 Å². The molecule has 1 aliphatic rings. The summed E-state index contributed by atoms with van der Waals surface area (Å²) in [6.07, 6.45) is 0. The molecule has 4 rings (SSSR count). The molecule has 0 spiro atoms. The van der Waals surface area contributed by atoms with Crippen molar-refractivity contribution in [1.82, 2.24) is 24.7 Å². The van der Waals surface area contributed by atoms with Gasteiger partial charge in [0.1, 0.15) is 18.1 Å². The first-order valence-electron chi connectivity index (χ1n) is 8.09. The van der Waals surface area contributed by atoms with E-state index in [9.17, 15) is 0 Å². The number of nitrogens with zero attached hydrogens (tertiary/aromatic N) is 5. The third kappa shape index (κ3) is 3.73. The fraction of sp³-hybridized carbons (Fsp3) is 0.438. The lowest BCUT2D eigenvalue weighted by molar-refractivity contribution is 0.0328. The van der Waals surface area contributed by atoms with Crippen LogP contribution in [0.3, 0.4) is 0 Å². The third-order valence-electron chi connectivity index (χ3n) is 3.99. The van der Waals surface area contributed by atoms with Gasteiger partial charge in [-0.3, -0.25) is 4.90 Å². The van der Waals surface area contributed by atoms with Crippen LogP contribution >= 0.6 is 11.3 Å². The van der Waals surface area contributed by atoms with Crippen molar-refractivity contribution in [2.24, 2.45) is 0 Å². The molecular weight excluding hydrogens is 342 g/mol. The van der Waals surface area contributed by atoms with Gasteiger partial charge in [0.25, 0.3) is 0 Å². The second kappa shape index (κ2) is 7.34. The van der Waals surface area contributed by atoms with E-state index >= 15 is 0 Å². The lowest BCUT2D eigenvalue weighted by Crippen LogP contribution is -2.36. The molecule has 2 aromatic heterocycles. The first kappa shape index (κ1) is 16.2. The van der Waals surface area contributed by atoms with Gasteiger partial charge in [-0.25, -0.2) is 0 Å². The quantitative estimate of drug-likeness (QED) is 0.660. The van der Waals surface area contributed by atoms with Crippen LogP contribution in [0.2, 0.25) is 0 Å². The number of ether oxygens (including phenoxy) is 3. The van der Waals surface area contributed by atoms with Gasteiger partial charge in [-0.05, 0) is 24.3 Å². The smallest absolute Gasteiger partial charge is 0.234 e. The highest BCUT2D eigenvalue weighted by atomic mass is 32.1. The molecule has 1 aliphatic heterocycles. The Bertz CT molecular complexity index is 826. The summed E-state index contributed by atoms with van der Waals surface area (Å²) in [4.78, 5) is 3.09. The van der Waals surface area contributed by atoms with E-state index in [1.165, 1.54) is 11.3 Å². The van der Waals surface area contributed by atoms with Gasteiger partial charge in [-0.15, -0.1) is 10.2 Å². The van der Waals surface area contributed by atoms with Crippen LogP contribution in [0.5, 0.6) is 11.5 Å². The first-order valence-corrected chi connectivity index (χ1v) is 8.90. The van der Waals surface area contributed by atoms with Gasteiger partial charge in [0.2, 0.25) is 4.96 Å². The summed E-state index contributed by atoms with van der Waals surface area (Å²) in [5, 5.41) is 13.9. The highest BCUT2D eigenvalue weighted by Crippen LogP contribution is 2.20. The summed E-state index contributed by atoms with van der Waals surface area (Å²) < 4.78 is 18.1. The largest absolute Gasteiger partial charge is 0.497 e.